The van der Waals surface area contributed by atoms with Crippen LogP contribution in [-0.4, -0.2) is 36.9 Å². The van der Waals surface area contributed by atoms with Crippen LogP contribution in [0.15, 0.2) is 23.1 Å². The number of sulfonamides is 1. The molecule has 0 bridgehead atoms. The molecule has 1 heterocycles. The van der Waals surface area contributed by atoms with E-state index >= 15 is 0 Å². The quantitative estimate of drug-likeness (QED) is 0.865. The fourth-order valence-electron chi connectivity index (χ4n) is 2.30. The molecule has 0 aliphatic carbocycles. The van der Waals surface area contributed by atoms with Crippen LogP contribution in [0.25, 0.3) is 0 Å². The molecule has 0 spiro atoms. The molecule has 0 saturated carbocycles. The molecule has 0 radical (unpaired) electrons. The normalized spacial score (nSPS) is 17.1. The summed E-state index contributed by atoms with van der Waals surface area (Å²) in [5.74, 6) is -1.11. The van der Waals surface area contributed by atoms with Gasteiger partial charge in [0.15, 0.2) is 0 Å². The molecule has 1 aliphatic heterocycles. The van der Waals surface area contributed by atoms with Crippen LogP contribution in [0.2, 0.25) is 0 Å². The maximum absolute atomic E-state index is 12.5. The van der Waals surface area contributed by atoms with Gasteiger partial charge in [0.05, 0.1) is 10.5 Å². The van der Waals surface area contributed by atoms with Crippen molar-refractivity contribution < 1.29 is 18.3 Å². The molecule has 5 nitrogen and oxygen atoms in total. The number of carbonyl (C=O) groups is 1. The Morgan fingerprint density at radius 2 is 1.90 bits per heavy atom. The molecule has 1 aromatic carbocycles. The molecule has 1 fully saturated rings. The molecule has 0 amide bonds. The van der Waals surface area contributed by atoms with E-state index in [1.54, 1.807) is 6.07 Å². The Balaban J connectivity index is 2.47. The van der Waals surface area contributed by atoms with Gasteiger partial charge < -0.3 is 5.11 Å². The Morgan fingerprint density at radius 1 is 1.25 bits per heavy atom. The number of carboxylic acids is 1. The van der Waals surface area contributed by atoms with Crippen molar-refractivity contribution in [2.45, 2.75) is 30.0 Å². The zero-order valence-corrected chi connectivity index (χ0v) is 12.5. The highest BCUT2D eigenvalue weighted by molar-refractivity contribution is 7.89. The molecule has 7 heteroatoms. The standard InChI is InChI=1S/C13H16ClNO4S/c14-9-10-4-5-12(11(8-10)13(16)17)20(18,19)15-6-2-1-3-7-15/h4-5,8H,1-3,6-7,9H2,(H,16,17). The third-order valence-corrected chi connectivity index (χ3v) is 5.63. The molecule has 0 unspecified atom stereocenters. The molecule has 2 rings (SSSR count). The second-order valence-electron chi connectivity index (χ2n) is 4.73. The lowest BCUT2D eigenvalue weighted by atomic mass is 10.1. The summed E-state index contributed by atoms with van der Waals surface area (Å²) in [6, 6.07) is 4.22. The first-order chi connectivity index (χ1) is 9.46. The number of alkyl halides is 1. The molecular weight excluding hydrogens is 302 g/mol. The van der Waals surface area contributed by atoms with E-state index in [9.17, 15) is 18.3 Å². The summed E-state index contributed by atoms with van der Waals surface area (Å²) in [5, 5.41) is 9.22. The van der Waals surface area contributed by atoms with E-state index in [1.807, 2.05) is 0 Å². The van der Waals surface area contributed by atoms with Crippen LogP contribution in [-0.2, 0) is 15.9 Å². The van der Waals surface area contributed by atoms with E-state index in [2.05, 4.69) is 0 Å². The number of carboxylic acid groups (broad SMARTS) is 1. The van der Waals surface area contributed by atoms with Crippen LogP contribution >= 0.6 is 11.6 Å². The highest BCUT2D eigenvalue weighted by Gasteiger charge is 2.30. The molecule has 1 N–H and O–H groups in total. The molecule has 1 aromatic rings. The van der Waals surface area contributed by atoms with Crippen molar-refractivity contribution in [3.05, 3.63) is 29.3 Å². The zero-order valence-electron chi connectivity index (χ0n) is 10.9. The molecule has 1 saturated heterocycles. The first-order valence-corrected chi connectivity index (χ1v) is 8.36. The Bertz CT molecular complexity index is 609. The van der Waals surface area contributed by atoms with Crippen molar-refractivity contribution in [2.24, 2.45) is 0 Å². The van der Waals surface area contributed by atoms with Crippen molar-refractivity contribution in [1.82, 2.24) is 4.31 Å². The van der Waals surface area contributed by atoms with Gasteiger partial charge in [-0.1, -0.05) is 12.5 Å². The molecule has 110 valence electrons. The van der Waals surface area contributed by atoms with Gasteiger partial charge in [0.1, 0.15) is 0 Å². The Morgan fingerprint density at radius 3 is 2.45 bits per heavy atom. The van der Waals surface area contributed by atoms with Crippen LogP contribution < -0.4 is 0 Å². The third kappa shape index (κ3) is 2.97. The summed E-state index contributed by atoms with van der Waals surface area (Å²) in [6.07, 6.45) is 2.62. The van der Waals surface area contributed by atoms with Crippen molar-refractivity contribution in [1.29, 1.82) is 0 Å². The summed E-state index contributed by atoms with van der Waals surface area (Å²) in [5.41, 5.74) is 0.371. The lowest BCUT2D eigenvalue weighted by Gasteiger charge is -2.26. The van der Waals surface area contributed by atoms with Gasteiger partial charge in [-0.3, -0.25) is 0 Å². The maximum Gasteiger partial charge on any atom is 0.337 e. The van der Waals surface area contributed by atoms with Gasteiger partial charge in [-0.05, 0) is 30.5 Å². The van der Waals surface area contributed by atoms with E-state index in [0.717, 1.165) is 19.3 Å². The number of halogens is 1. The Kier molecular flexibility index (Phi) is 4.67. The van der Waals surface area contributed by atoms with E-state index in [4.69, 9.17) is 11.6 Å². The van der Waals surface area contributed by atoms with E-state index in [1.165, 1.54) is 16.4 Å². The van der Waals surface area contributed by atoms with E-state index in [0.29, 0.717) is 18.7 Å². The average Bonchev–Trinajstić information content (AvgIpc) is 2.47. The Labute approximate surface area is 123 Å². The predicted molar refractivity (Wildman–Crippen MR) is 75.6 cm³/mol. The molecule has 0 aromatic heterocycles. The van der Waals surface area contributed by atoms with Crippen molar-refractivity contribution in [3.63, 3.8) is 0 Å². The van der Waals surface area contributed by atoms with Crippen molar-refractivity contribution in [3.8, 4) is 0 Å². The molecule has 0 atom stereocenters. The number of piperidine rings is 1. The van der Waals surface area contributed by atoms with Gasteiger partial charge in [0.25, 0.3) is 0 Å². The SMILES string of the molecule is O=C(O)c1cc(CCl)ccc1S(=O)(=O)N1CCCCC1. The second-order valence-corrected chi connectivity index (χ2v) is 6.91. The summed E-state index contributed by atoms with van der Waals surface area (Å²) in [7, 11) is -3.75. The van der Waals surface area contributed by atoms with Crippen LogP contribution in [0.1, 0.15) is 35.2 Å². The maximum atomic E-state index is 12.5. The van der Waals surface area contributed by atoms with Gasteiger partial charge in [-0.25, -0.2) is 13.2 Å². The van der Waals surface area contributed by atoms with Crippen LogP contribution in [0.5, 0.6) is 0 Å². The van der Waals surface area contributed by atoms with Crippen molar-refractivity contribution in [2.75, 3.05) is 13.1 Å². The number of benzene rings is 1. The van der Waals surface area contributed by atoms with Crippen LogP contribution in [0, 0.1) is 0 Å². The van der Waals surface area contributed by atoms with Gasteiger partial charge in [-0.15, -0.1) is 11.6 Å². The van der Waals surface area contributed by atoms with E-state index in [-0.39, 0.29) is 16.3 Å². The summed E-state index contributed by atoms with van der Waals surface area (Å²) < 4.78 is 26.4. The van der Waals surface area contributed by atoms with Gasteiger partial charge in [0, 0.05) is 19.0 Å². The molecular formula is C13H16ClNO4S. The van der Waals surface area contributed by atoms with Gasteiger partial charge in [-0.2, -0.15) is 4.31 Å². The minimum absolute atomic E-state index is 0.143. The van der Waals surface area contributed by atoms with Gasteiger partial charge >= 0.3 is 5.97 Å². The fraction of sp³-hybridized carbons (Fsp3) is 0.462. The topological polar surface area (TPSA) is 74.7 Å². The first-order valence-electron chi connectivity index (χ1n) is 6.39. The molecule has 20 heavy (non-hydrogen) atoms. The number of nitrogens with zero attached hydrogens (tertiary/aromatic N) is 1. The lowest BCUT2D eigenvalue weighted by molar-refractivity contribution is 0.0692. The predicted octanol–water partition coefficient (Wildman–Crippen LogP) is 2.30. The summed E-state index contributed by atoms with van der Waals surface area (Å²) >= 11 is 5.67. The minimum Gasteiger partial charge on any atom is -0.478 e. The summed E-state index contributed by atoms with van der Waals surface area (Å²) in [6.45, 7) is 0.886. The summed E-state index contributed by atoms with van der Waals surface area (Å²) in [4.78, 5) is 11.1. The largest absolute Gasteiger partial charge is 0.478 e. The third-order valence-electron chi connectivity index (χ3n) is 3.36. The second kappa shape index (κ2) is 6.11. The number of rotatable bonds is 4. The van der Waals surface area contributed by atoms with E-state index < -0.39 is 16.0 Å². The highest BCUT2D eigenvalue weighted by atomic mass is 35.5. The van der Waals surface area contributed by atoms with Gasteiger partial charge in [0.2, 0.25) is 10.0 Å². The average molecular weight is 318 g/mol. The monoisotopic (exact) mass is 317 g/mol. The van der Waals surface area contributed by atoms with Crippen molar-refractivity contribution >= 4 is 27.6 Å². The number of aromatic carboxylic acids is 1. The fourth-order valence-corrected chi connectivity index (χ4v) is 4.14. The Hall–Kier alpha value is -1.11. The minimum atomic E-state index is -3.75. The smallest absolute Gasteiger partial charge is 0.337 e. The number of hydrogen-bond donors (Lipinski definition) is 1. The molecule has 1 aliphatic rings. The number of hydrogen-bond acceptors (Lipinski definition) is 3. The highest BCUT2D eigenvalue weighted by Crippen LogP contribution is 2.25. The first kappa shape index (κ1) is 15.3. The zero-order chi connectivity index (χ0) is 14.8. The van der Waals surface area contributed by atoms with Crippen LogP contribution in [0.4, 0.5) is 0 Å². The van der Waals surface area contributed by atoms with Crippen LogP contribution in [0.3, 0.4) is 0 Å². The lowest BCUT2D eigenvalue weighted by Crippen LogP contribution is -2.36.